The molecule has 8 heteroatoms. The second kappa shape index (κ2) is 7.22. The topological polar surface area (TPSA) is 80.9 Å². The molecule has 6 nitrogen and oxygen atoms in total. The molecule has 0 bridgehead atoms. The van der Waals surface area contributed by atoms with Gasteiger partial charge in [-0.05, 0) is 51.4 Å². The normalized spacial score (nSPS) is 10.6. The number of tetrazole rings is 1. The van der Waals surface area contributed by atoms with E-state index in [1.807, 2.05) is 0 Å². The minimum atomic E-state index is -1.08. The lowest BCUT2D eigenvalue weighted by molar-refractivity contribution is -0.135. The molecule has 0 aliphatic heterocycles. The Hall–Kier alpha value is -3.42. The Labute approximate surface area is 147 Å². The predicted molar refractivity (Wildman–Crippen MR) is 89.8 cm³/mol. The first-order valence-electron chi connectivity index (χ1n) is 7.65. The number of aromatic nitrogens is 4. The molecule has 26 heavy (non-hydrogen) atoms. The van der Waals surface area contributed by atoms with Crippen LogP contribution in [0.2, 0.25) is 0 Å². The van der Waals surface area contributed by atoms with Crippen LogP contribution < -0.4 is 0 Å². The molecule has 0 saturated heterocycles. The number of carboxylic acid groups (broad SMARTS) is 1. The zero-order valence-corrected chi connectivity index (χ0v) is 13.7. The molecule has 1 aromatic heterocycles. The van der Waals surface area contributed by atoms with Crippen molar-refractivity contribution in [1.29, 1.82) is 0 Å². The van der Waals surface area contributed by atoms with Crippen LogP contribution in [0, 0.1) is 11.6 Å². The molecule has 0 amide bonds. The maximum Gasteiger partial charge on any atom is 0.307 e. The molecule has 0 aliphatic carbocycles. The van der Waals surface area contributed by atoms with Crippen LogP contribution >= 0.6 is 0 Å². The lowest BCUT2D eigenvalue weighted by atomic mass is 9.91. The Bertz CT molecular complexity index is 916. The summed E-state index contributed by atoms with van der Waals surface area (Å²) >= 11 is 0. The fraction of sp³-hybridized carbons (Fsp3) is 0.111. The average Bonchev–Trinajstić information content (AvgIpc) is 3.03. The highest BCUT2D eigenvalue weighted by Gasteiger charge is 2.21. The molecule has 0 aliphatic rings. The lowest BCUT2D eigenvalue weighted by Gasteiger charge is -2.15. The van der Waals surface area contributed by atoms with Gasteiger partial charge in [0, 0.05) is 12.6 Å². The van der Waals surface area contributed by atoms with Gasteiger partial charge in [-0.15, -0.1) is 5.10 Å². The number of nitrogens with zero attached hydrogens (tertiary/aromatic N) is 4. The van der Waals surface area contributed by atoms with E-state index in [9.17, 15) is 18.7 Å². The number of carbonyl (C=O) groups is 1. The van der Waals surface area contributed by atoms with Crippen molar-refractivity contribution < 1.29 is 18.7 Å². The molecule has 0 unspecified atom stereocenters. The summed E-state index contributed by atoms with van der Waals surface area (Å²) in [5, 5.41) is 20.6. The lowest BCUT2D eigenvalue weighted by Crippen LogP contribution is -2.07. The van der Waals surface area contributed by atoms with Crippen molar-refractivity contribution in [3.63, 3.8) is 0 Å². The molecule has 0 fully saturated rings. The van der Waals surface area contributed by atoms with Crippen molar-refractivity contribution in [3.05, 3.63) is 77.1 Å². The van der Waals surface area contributed by atoms with Gasteiger partial charge in [0.1, 0.15) is 11.6 Å². The van der Waals surface area contributed by atoms with Gasteiger partial charge < -0.3 is 5.11 Å². The molecule has 0 atom stereocenters. The number of carboxylic acids is 1. The van der Waals surface area contributed by atoms with Crippen molar-refractivity contribution >= 4 is 17.1 Å². The van der Waals surface area contributed by atoms with Crippen molar-refractivity contribution in [2.24, 2.45) is 7.05 Å². The van der Waals surface area contributed by atoms with E-state index in [2.05, 4.69) is 15.5 Å². The molecule has 1 N–H and O–H groups in total. The highest BCUT2D eigenvalue weighted by molar-refractivity contribution is 6.01. The van der Waals surface area contributed by atoms with Gasteiger partial charge in [0.15, 0.2) is 5.82 Å². The van der Waals surface area contributed by atoms with Gasteiger partial charge in [0.25, 0.3) is 0 Å². The van der Waals surface area contributed by atoms with Crippen LogP contribution in [0.1, 0.15) is 23.4 Å². The Balaban J connectivity index is 2.32. The fourth-order valence-electron chi connectivity index (χ4n) is 2.66. The smallest absolute Gasteiger partial charge is 0.307 e. The molecule has 0 saturated carbocycles. The van der Waals surface area contributed by atoms with Crippen molar-refractivity contribution in [2.45, 2.75) is 6.42 Å². The SMILES string of the molecule is Cn1nnnc1C(CC(=O)O)=C(c1ccc(F)cc1)c1ccc(F)cc1. The van der Waals surface area contributed by atoms with E-state index in [0.717, 1.165) is 0 Å². The Kier molecular flexibility index (Phi) is 4.83. The third kappa shape index (κ3) is 3.64. The number of aryl methyl sites for hydroxylation is 1. The molecule has 1 heterocycles. The van der Waals surface area contributed by atoms with Gasteiger partial charge in [-0.3, -0.25) is 4.79 Å². The fourth-order valence-corrected chi connectivity index (χ4v) is 2.66. The Morgan fingerprint density at radius 1 is 1.00 bits per heavy atom. The average molecular weight is 356 g/mol. The molecule has 0 spiro atoms. The Morgan fingerprint density at radius 2 is 1.50 bits per heavy atom. The molecule has 2 aromatic carbocycles. The molecule has 3 aromatic rings. The van der Waals surface area contributed by atoms with E-state index in [4.69, 9.17) is 0 Å². The van der Waals surface area contributed by atoms with E-state index >= 15 is 0 Å². The first-order chi connectivity index (χ1) is 12.5. The molecule has 3 rings (SSSR count). The summed E-state index contributed by atoms with van der Waals surface area (Å²) < 4.78 is 28.1. The summed E-state index contributed by atoms with van der Waals surface area (Å²) in [6.45, 7) is 0. The first kappa shape index (κ1) is 17.4. The second-order valence-corrected chi connectivity index (χ2v) is 5.56. The maximum absolute atomic E-state index is 13.4. The van der Waals surface area contributed by atoms with Gasteiger partial charge >= 0.3 is 5.97 Å². The van der Waals surface area contributed by atoms with Crippen molar-refractivity contribution in [1.82, 2.24) is 20.2 Å². The number of hydrogen-bond donors (Lipinski definition) is 1. The summed E-state index contributed by atoms with van der Waals surface area (Å²) in [6.07, 6.45) is -0.363. The molecular weight excluding hydrogens is 342 g/mol. The van der Waals surface area contributed by atoms with Gasteiger partial charge in [-0.25, -0.2) is 13.5 Å². The summed E-state index contributed by atoms with van der Waals surface area (Å²) in [5.74, 6) is -1.67. The minimum Gasteiger partial charge on any atom is -0.481 e. The van der Waals surface area contributed by atoms with E-state index in [1.54, 1.807) is 7.05 Å². The summed E-state index contributed by atoms with van der Waals surface area (Å²) in [7, 11) is 1.59. The standard InChI is InChI=1S/C18H14F2N4O2/c1-24-18(21-22-23-24)15(10-16(25)26)17(11-2-6-13(19)7-3-11)12-4-8-14(20)9-5-12/h2-9H,10H2,1H3,(H,25,26). The van der Waals surface area contributed by atoms with Crippen molar-refractivity contribution in [3.8, 4) is 0 Å². The highest BCUT2D eigenvalue weighted by atomic mass is 19.1. The second-order valence-electron chi connectivity index (χ2n) is 5.56. The maximum atomic E-state index is 13.4. The third-order valence-electron chi connectivity index (χ3n) is 3.79. The highest BCUT2D eigenvalue weighted by Crippen LogP contribution is 2.33. The number of hydrogen-bond acceptors (Lipinski definition) is 4. The van der Waals surface area contributed by atoms with E-state index in [-0.39, 0.29) is 12.2 Å². The first-order valence-corrected chi connectivity index (χ1v) is 7.65. The number of halogens is 2. The third-order valence-corrected chi connectivity index (χ3v) is 3.79. The predicted octanol–water partition coefficient (Wildman–Crippen LogP) is 2.92. The largest absolute Gasteiger partial charge is 0.481 e. The zero-order valence-electron chi connectivity index (χ0n) is 13.7. The summed E-state index contributed by atoms with van der Waals surface area (Å²) in [6, 6.07) is 11.2. The van der Waals surface area contributed by atoms with E-state index < -0.39 is 17.6 Å². The number of benzene rings is 2. The van der Waals surface area contributed by atoms with Crippen LogP contribution in [0.4, 0.5) is 8.78 Å². The molecule has 0 radical (unpaired) electrons. The number of aliphatic carboxylic acids is 1. The van der Waals surface area contributed by atoms with Crippen molar-refractivity contribution in [2.75, 3.05) is 0 Å². The zero-order chi connectivity index (χ0) is 18.7. The van der Waals surface area contributed by atoms with Gasteiger partial charge in [0.2, 0.25) is 0 Å². The van der Waals surface area contributed by atoms with Crippen LogP contribution in [0.15, 0.2) is 48.5 Å². The van der Waals surface area contributed by atoms with E-state index in [0.29, 0.717) is 22.3 Å². The van der Waals surface area contributed by atoms with Crippen LogP contribution in [-0.4, -0.2) is 31.3 Å². The van der Waals surface area contributed by atoms with Gasteiger partial charge in [-0.1, -0.05) is 24.3 Å². The molecule has 132 valence electrons. The minimum absolute atomic E-state index is 0.260. The van der Waals surface area contributed by atoms with Crippen LogP contribution in [0.25, 0.3) is 11.1 Å². The summed E-state index contributed by atoms with van der Waals surface area (Å²) in [4.78, 5) is 11.5. The Morgan fingerprint density at radius 3 is 1.88 bits per heavy atom. The quantitative estimate of drug-likeness (QED) is 0.760. The monoisotopic (exact) mass is 356 g/mol. The van der Waals surface area contributed by atoms with E-state index in [1.165, 1.54) is 53.2 Å². The molecular formula is C18H14F2N4O2. The summed E-state index contributed by atoms with van der Waals surface area (Å²) in [5.41, 5.74) is 1.96. The number of rotatable bonds is 5. The van der Waals surface area contributed by atoms with Crippen LogP contribution in [0.3, 0.4) is 0 Å². The van der Waals surface area contributed by atoms with Gasteiger partial charge in [-0.2, -0.15) is 0 Å². The van der Waals surface area contributed by atoms with Crippen LogP contribution in [0.5, 0.6) is 0 Å². The van der Waals surface area contributed by atoms with Crippen LogP contribution in [-0.2, 0) is 11.8 Å². The van der Waals surface area contributed by atoms with Gasteiger partial charge in [0.05, 0.1) is 6.42 Å².